The zero-order valence-electron chi connectivity index (χ0n) is 32.0. The predicted octanol–water partition coefficient (Wildman–Crippen LogP) is 10.0. The molecule has 0 aromatic heterocycles. The fourth-order valence-electron chi connectivity index (χ4n) is 7.44. The van der Waals surface area contributed by atoms with Crippen molar-refractivity contribution in [2.45, 2.75) is 63.8 Å². The predicted molar refractivity (Wildman–Crippen MR) is 218 cm³/mol. The standard InChI is InChI=1S/C48H50F3N3O2/c1-2-3-7-14-37-21-23-40(24-22-37)36-54(45(55)30-27-38-25-28-43(29-26-38)48(49,50)51)44(35-39-15-8-4-9-16-39)47(56)53-33-31-52(32-34-53)46(41-17-10-5-11-18-41)42-19-12-6-13-20-42/h4-6,8-13,15-30,44,46H,2-3,7,14,31-36H2,1H3/t44-/m0/s1. The first-order valence-electron chi connectivity index (χ1n) is 19.6. The van der Waals surface area contributed by atoms with Gasteiger partial charge in [-0.3, -0.25) is 14.5 Å². The maximum Gasteiger partial charge on any atom is 0.416 e. The highest BCUT2D eigenvalue weighted by Gasteiger charge is 2.36. The van der Waals surface area contributed by atoms with Crippen LogP contribution in [0.1, 0.15) is 71.2 Å². The number of alkyl halides is 3. The molecule has 0 radical (unpaired) electrons. The second-order valence-electron chi connectivity index (χ2n) is 14.5. The Morgan fingerprint density at radius 2 is 1.23 bits per heavy atom. The Hall–Kier alpha value is -5.47. The summed E-state index contributed by atoms with van der Waals surface area (Å²) >= 11 is 0. The van der Waals surface area contributed by atoms with Crippen LogP contribution in [0.25, 0.3) is 6.08 Å². The number of amides is 2. The number of hydrogen-bond donors (Lipinski definition) is 0. The van der Waals surface area contributed by atoms with Crippen molar-refractivity contribution < 1.29 is 22.8 Å². The first-order chi connectivity index (χ1) is 27.2. The molecular formula is C48H50F3N3O2. The number of carbonyl (C=O) groups excluding carboxylic acids is 2. The van der Waals surface area contributed by atoms with E-state index in [1.165, 1.54) is 41.0 Å². The summed E-state index contributed by atoms with van der Waals surface area (Å²) in [6.07, 6.45) is 3.12. The molecule has 290 valence electrons. The monoisotopic (exact) mass is 757 g/mol. The summed E-state index contributed by atoms with van der Waals surface area (Å²) in [5.74, 6) is -0.519. The Balaban J connectivity index is 1.28. The summed E-state index contributed by atoms with van der Waals surface area (Å²) in [5, 5.41) is 0. The second-order valence-corrected chi connectivity index (χ2v) is 14.5. The van der Waals surface area contributed by atoms with E-state index in [1.807, 2.05) is 59.5 Å². The number of nitrogens with zero attached hydrogens (tertiary/aromatic N) is 3. The summed E-state index contributed by atoms with van der Waals surface area (Å²) in [6, 6.07) is 42.7. The van der Waals surface area contributed by atoms with Crippen molar-refractivity contribution in [3.8, 4) is 0 Å². The maximum absolute atomic E-state index is 14.8. The van der Waals surface area contributed by atoms with Crippen LogP contribution in [0.15, 0.2) is 146 Å². The number of piperazine rings is 1. The van der Waals surface area contributed by atoms with Crippen molar-refractivity contribution in [3.05, 3.63) is 185 Å². The van der Waals surface area contributed by atoms with Crippen LogP contribution in [0, 0.1) is 0 Å². The van der Waals surface area contributed by atoms with E-state index in [9.17, 15) is 22.8 Å². The van der Waals surface area contributed by atoms with Gasteiger partial charge in [-0.2, -0.15) is 13.2 Å². The molecule has 6 rings (SSSR count). The van der Waals surface area contributed by atoms with Gasteiger partial charge >= 0.3 is 6.18 Å². The second kappa shape index (κ2) is 19.4. The van der Waals surface area contributed by atoms with Crippen LogP contribution < -0.4 is 0 Å². The molecule has 1 fully saturated rings. The van der Waals surface area contributed by atoms with Gasteiger partial charge in [0.2, 0.25) is 11.8 Å². The Kier molecular flexibility index (Phi) is 13.9. The summed E-state index contributed by atoms with van der Waals surface area (Å²) in [4.78, 5) is 35.1. The van der Waals surface area contributed by atoms with Crippen molar-refractivity contribution in [3.63, 3.8) is 0 Å². The minimum atomic E-state index is -4.46. The lowest BCUT2D eigenvalue weighted by Crippen LogP contribution is -2.56. The lowest BCUT2D eigenvalue weighted by molar-refractivity contribution is -0.145. The normalized spacial score (nSPS) is 14.3. The van der Waals surface area contributed by atoms with Crippen molar-refractivity contribution in [1.29, 1.82) is 0 Å². The van der Waals surface area contributed by atoms with E-state index in [0.717, 1.165) is 48.9 Å². The number of carbonyl (C=O) groups is 2. The van der Waals surface area contributed by atoms with E-state index in [1.54, 1.807) is 4.90 Å². The first kappa shape index (κ1) is 40.2. The van der Waals surface area contributed by atoms with Gasteiger partial charge in [-0.25, -0.2) is 0 Å². The molecule has 8 heteroatoms. The molecular weight excluding hydrogens is 708 g/mol. The fraction of sp³-hybridized carbons (Fsp3) is 0.292. The summed E-state index contributed by atoms with van der Waals surface area (Å²) in [5.41, 5.74) is 5.12. The van der Waals surface area contributed by atoms with Gasteiger partial charge in [-0.15, -0.1) is 0 Å². The van der Waals surface area contributed by atoms with E-state index in [4.69, 9.17) is 0 Å². The molecule has 2 amide bonds. The SMILES string of the molecule is CCCCCc1ccc(CN(C(=O)C=Cc2ccc(C(F)(F)F)cc2)[C@@H](Cc2ccccc2)C(=O)N2CCN(C(c3ccccc3)c3ccccc3)CC2)cc1. The molecule has 1 atom stereocenters. The van der Waals surface area contributed by atoms with E-state index < -0.39 is 23.7 Å². The molecule has 0 bridgehead atoms. The zero-order valence-corrected chi connectivity index (χ0v) is 32.0. The number of benzene rings is 5. The molecule has 1 heterocycles. The van der Waals surface area contributed by atoms with Crippen molar-refractivity contribution >= 4 is 17.9 Å². The van der Waals surface area contributed by atoms with Gasteiger partial charge in [-0.05, 0) is 64.4 Å². The molecule has 0 unspecified atom stereocenters. The van der Waals surface area contributed by atoms with Crippen LogP contribution in [-0.4, -0.2) is 58.7 Å². The van der Waals surface area contributed by atoms with E-state index in [2.05, 4.69) is 72.5 Å². The smallest absolute Gasteiger partial charge is 0.338 e. The molecule has 1 aliphatic rings. The first-order valence-corrected chi connectivity index (χ1v) is 19.6. The van der Waals surface area contributed by atoms with Gasteiger partial charge in [0.25, 0.3) is 0 Å². The van der Waals surface area contributed by atoms with Crippen LogP contribution in [0.4, 0.5) is 13.2 Å². The highest BCUT2D eigenvalue weighted by molar-refractivity contribution is 5.95. The number of unbranched alkanes of at least 4 members (excludes halogenated alkanes) is 2. The fourth-order valence-corrected chi connectivity index (χ4v) is 7.44. The molecule has 5 aromatic rings. The zero-order chi connectivity index (χ0) is 39.3. The number of aryl methyl sites for hydroxylation is 1. The van der Waals surface area contributed by atoms with Crippen molar-refractivity contribution in [2.75, 3.05) is 26.2 Å². The average molecular weight is 758 g/mol. The molecule has 0 N–H and O–H groups in total. The van der Waals surface area contributed by atoms with Gasteiger partial charge in [0, 0.05) is 45.2 Å². The average Bonchev–Trinajstić information content (AvgIpc) is 3.23. The van der Waals surface area contributed by atoms with Crippen molar-refractivity contribution in [1.82, 2.24) is 14.7 Å². The number of rotatable bonds is 15. The lowest BCUT2D eigenvalue weighted by Gasteiger charge is -2.42. The molecule has 0 aliphatic carbocycles. The minimum absolute atomic E-state index is 0.0353. The molecule has 56 heavy (non-hydrogen) atoms. The van der Waals surface area contributed by atoms with Gasteiger partial charge < -0.3 is 9.80 Å². The maximum atomic E-state index is 14.8. The Bertz CT molecular complexity index is 1950. The topological polar surface area (TPSA) is 43.9 Å². The quantitative estimate of drug-likeness (QED) is 0.0789. The van der Waals surface area contributed by atoms with Crippen LogP contribution in [-0.2, 0) is 35.2 Å². The number of hydrogen-bond acceptors (Lipinski definition) is 3. The van der Waals surface area contributed by atoms with Gasteiger partial charge in [-0.1, -0.05) is 147 Å². The Morgan fingerprint density at radius 3 is 1.79 bits per heavy atom. The van der Waals surface area contributed by atoms with Crippen LogP contribution in [0.2, 0.25) is 0 Å². The van der Waals surface area contributed by atoms with E-state index in [0.29, 0.717) is 38.2 Å². The minimum Gasteiger partial charge on any atom is -0.338 e. The summed E-state index contributed by atoms with van der Waals surface area (Å²) in [6.45, 7) is 4.67. The van der Waals surface area contributed by atoms with Crippen LogP contribution >= 0.6 is 0 Å². The van der Waals surface area contributed by atoms with Crippen LogP contribution in [0.5, 0.6) is 0 Å². The molecule has 5 nitrogen and oxygen atoms in total. The summed E-state index contributed by atoms with van der Waals surface area (Å²) < 4.78 is 39.7. The van der Waals surface area contributed by atoms with E-state index >= 15 is 0 Å². The van der Waals surface area contributed by atoms with Crippen LogP contribution in [0.3, 0.4) is 0 Å². The largest absolute Gasteiger partial charge is 0.416 e. The third-order valence-electron chi connectivity index (χ3n) is 10.5. The van der Waals surface area contributed by atoms with Gasteiger partial charge in [0.05, 0.1) is 11.6 Å². The van der Waals surface area contributed by atoms with Gasteiger partial charge in [0.15, 0.2) is 0 Å². The lowest BCUT2D eigenvalue weighted by atomic mass is 9.96. The highest BCUT2D eigenvalue weighted by Crippen LogP contribution is 2.31. The molecule has 0 spiro atoms. The molecule has 0 saturated carbocycles. The van der Waals surface area contributed by atoms with Crippen molar-refractivity contribution in [2.24, 2.45) is 0 Å². The molecule has 1 aliphatic heterocycles. The third kappa shape index (κ3) is 10.8. The highest BCUT2D eigenvalue weighted by atomic mass is 19.4. The third-order valence-corrected chi connectivity index (χ3v) is 10.5. The summed E-state index contributed by atoms with van der Waals surface area (Å²) in [7, 11) is 0. The molecule has 5 aromatic carbocycles. The molecule has 1 saturated heterocycles. The Morgan fingerprint density at radius 1 is 0.679 bits per heavy atom. The number of halogens is 3. The van der Waals surface area contributed by atoms with E-state index in [-0.39, 0.29) is 18.5 Å². The van der Waals surface area contributed by atoms with Gasteiger partial charge in [0.1, 0.15) is 6.04 Å². The Labute approximate surface area is 329 Å².